The van der Waals surface area contributed by atoms with E-state index in [9.17, 15) is 0 Å². The van der Waals surface area contributed by atoms with Crippen molar-refractivity contribution in [1.82, 2.24) is 10.4 Å². The van der Waals surface area contributed by atoms with Gasteiger partial charge in [-0.1, -0.05) is 6.07 Å². The van der Waals surface area contributed by atoms with Gasteiger partial charge in [0.25, 0.3) is 0 Å². The molecular weight excluding hydrogens is 202 g/mol. The Morgan fingerprint density at radius 1 is 1.38 bits per heavy atom. The van der Waals surface area contributed by atoms with E-state index in [4.69, 9.17) is 10.3 Å². The highest BCUT2D eigenvalue weighted by molar-refractivity contribution is 5.32. The van der Waals surface area contributed by atoms with Crippen LogP contribution in [-0.2, 0) is 0 Å². The molecule has 1 unspecified atom stereocenters. The number of aromatic nitrogens is 1. The number of aryl methyl sites for hydroxylation is 2. The molecule has 0 amide bonds. The van der Waals surface area contributed by atoms with Gasteiger partial charge < -0.3 is 4.42 Å². The van der Waals surface area contributed by atoms with E-state index in [2.05, 4.69) is 16.5 Å². The Balaban J connectivity index is 2.40. The maximum Gasteiger partial charge on any atom is 0.105 e. The summed E-state index contributed by atoms with van der Waals surface area (Å²) in [6.45, 7) is 3.93. The number of rotatable bonds is 3. The smallest absolute Gasteiger partial charge is 0.105 e. The molecule has 84 valence electrons. The first-order valence-electron chi connectivity index (χ1n) is 5.14. The molecule has 16 heavy (non-hydrogen) atoms. The van der Waals surface area contributed by atoms with Crippen molar-refractivity contribution in [2.75, 3.05) is 0 Å². The van der Waals surface area contributed by atoms with Crippen LogP contribution in [0.15, 0.2) is 35.2 Å². The molecule has 2 aromatic rings. The van der Waals surface area contributed by atoms with Crippen LogP contribution in [0.3, 0.4) is 0 Å². The van der Waals surface area contributed by atoms with Crippen molar-refractivity contribution in [3.8, 4) is 0 Å². The van der Waals surface area contributed by atoms with E-state index in [1.165, 1.54) is 0 Å². The average Bonchev–Trinajstić information content (AvgIpc) is 2.67. The average molecular weight is 217 g/mol. The highest BCUT2D eigenvalue weighted by Crippen LogP contribution is 2.24. The highest BCUT2D eigenvalue weighted by Gasteiger charge is 2.16. The van der Waals surface area contributed by atoms with Gasteiger partial charge in [0, 0.05) is 18.0 Å². The van der Waals surface area contributed by atoms with Crippen molar-refractivity contribution in [3.05, 3.63) is 53.2 Å². The van der Waals surface area contributed by atoms with Crippen molar-refractivity contribution >= 4 is 0 Å². The van der Waals surface area contributed by atoms with Crippen LogP contribution < -0.4 is 11.3 Å². The molecule has 3 N–H and O–H groups in total. The molecular formula is C12H15N3O. The van der Waals surface area contributed by atoms with Gasteiger partial charge in [-0.05, 0) is 31.0 Å². The second kappa shape index (κ2) is 4.47. The normalized spacial score (nSPS) is 12.7. The number of furan rings is 1. The Kier molecular flexibility index (Phi) is 3.03. The highest BCUT2D eigenvalue weighted by atomic mass is 16.3. The zero-order chi connectivity index (χ0) is 11.5. The Morgan fingerprint density at radius 3 is 2.75 bits per heavy atom. The first-order valence-corrected chi connectivity index (χ1v) is 5.14. The predicted molar refractivity (Wildman–Crippen MR) is 61.6 cm³/mol. The van der Waals surface area contributed by atoms with E-state index in [0.29, 0.717) is 0 Å². The van der Waals surface area contributed by atoms with Gasteiger partial charge in [0.15, 0.2) is 0 Å². The van der Waals surface area contributed by atoms with Gasteiger partial charge in [0.05, 0.1) is 12.3 Å². The van der Waals surface area contributed by atoms with E-state index in [1.807, 2.05) is 32.3 Å². The number of pyridine rings is 1. The molecule has 0 aliphatic heterocycles. The molecule has 0 radical (unpaired) electrons. The zero-order valence-corrected chi connectivity index (χ0v) is 9.40. The fourth-order valence-electron chi connectivity index (χ4n) is 1.80. The van der Waals surface area contributed by atoms with Crippen molar-refractivity contribution in [1.29, 1.82) is 0 Å². The van der Waals surface area contributed by atoms with Gasteiger partial charge >= 0.3 is 0 Å². The number of nitrogens with one attached hydrogen (secondary N) is 1. The predicted octanol–water partition coefficient (Wildman–Crippen LogP) is 1.84. The standard InChI is InChI=1S/C12H15N3O/c1-8-5-10(7-14-6-8)12(15-13)11-3-4-16-9(11)2/h3-7,12,15H,13H2,1-2H3. The fraction of sp³-hybridized carbons (Fsp3) is 0.250. The maximum absolute atomic E-state index is 5.60. The number of hydrogen-bond acceptors (Lipinski definition) is 4. The van der Waals surface area contributed by atoms with E-state index in [0.717, 1.165) is 22.5 Å². The summed E-state index contributed by atoms with van der Waals surface area (Å²) in [5.74, 6) is 6.46. The summed E-state index contributed by atoms with van der Waals surface area (Å²) in [6.07, 6.45) is 5.29. The van der Waals surface area contributed by atoms with E-state index in [1.54, 1.807) is 6.26 Å². The molecule has 4 heteroatoms. The Morgan fingerprint density at radius 2 is 2.19 bits per heavy atom. The lowest BCUT2D eigenvalue weighted by molar-refractivity contribution is 0.520. The quantitative estimate of drug-likeness (QED) is 0.608. The van der Waals surface area contributed by atoms with E-state index in [-0.39, 0.29) is 6.04 Å². The number of nitrogens with two attached hydrogens (primary N) is 1. The summed E-state index contributed by atoms with van der Waals surface area (Å²) in [6, 6.07) is 3.90. The zero-order valence-electron chi connectivity index (χ0n) is 9.40. The third-order valence-corrected chi connectivity index (χ3v) is 2.61. The molecule has 0 bridgehead atoms. The van der Waals surface area contributed by atoms with Crippen molar-refractivity contribution in [2.45, 2.75) is 19.9 Å². The van der Waals surface area contributed by atoms with Gasteiger partial charge in [0.1, 0.15) is 5.76 Å². The molecule has 1 atom stereocenters. The van der Waals surface area contributed by atoms with Gasteiger partial charge in [-0.15, -0.1) is 0 Å². The maximum atomic E-state index is 5.60. The molecule has 0 saturated carbocycles. The first kappa shape index (κ1) is 10.9. The minimum Gasteiger partial charge on any atom is -0.469 e. The van der Waals surface area contributed by atoms with Crippen molar-refractivity contribution in [3.63, 3.8) is 0 Å². The molecule has 0 spiro atoms. The second-order valence-corrected chi connectivity index (χ2v) is 3.83. The molecule has 0 aliphatic carbocycles. The van der Waals surface area contributed by atoms with Crippen LogP contribution in [0, 0.1) is 13.8 Å². The number of hydrazine groups is 1. The third kappa shape index (κ3) is 1.98. The minimum atomic E-state index is -0.0776. The van der Waals surface area contributed by atoms with Crippen LogP contribution in [0.5, 0.6) is 0 Å². The summed E-state index contributed by atoms with van der Waals surface area (Å²) < 4.78 is 5.28. The lowest BCUT2D eigenvalue weighted by atomic mass is 10.0. The van der Waals surface area contributed by atoms with Crippen LogP contribution >= 0.6 is 0 Å². The first-order chi connectivity index (χ1) is 7.72. The molecule has 2 heterocycles. The monoisotopic (exact) mass is 217 g/mol. The third-order valence-electron chi connectivity index (χ3n) is 2.61. The Bertz CT molecular complexity index is 479. The van der Waals surface area contributed by atoms with E-state index >= 15 is 0 Å². The summed E-state index contributed by atoms with van der Waals surface area (Å²) in [4.78, 5) is 4.17. The van der Waals surface area contributed by atoms with Crippen molar-refractivity contribution in [2.24, 2.45) is 5.84 Å². The SMILES string of the molecule is Cc1cncc(C(NN)c2ccoc2C)c1. The summed E-state index contributed by atoms with van der Waals surface area (Å²) in [5, 5.41) is 0. The molecule has 0 aliphatic rings. The minimum absolute atomic E-state index is 0.0776. The molecule has 2 rings (SSSR count). The van der Waals surface area contributed by atoms with E-state index < -0.39 is 0 Å². The summed E-state index contributed by atoms with van der Waals surface area (Å²) in [5.41, 5.74) is 5.97. The molecule has 4 nitrogen and oxygen atoms in total. The van der Waals surface area contributed by atoms with Gasteiger partial charge in [-0.3, -0.25) is 10.8 Å². The topological polar surface area (TPSA) is 64.1 Å². The lowest BCUT2D eigenvalue weighted by Gasteiger charge is -2.15. The van der Waals surface area contributed by atoms with Crippen molar-refractivity contribution < 1.29 is 4.42 Å². The lowest BCUT2D eigenvalue weighted by Crippen LogP contribution is -2.29. The van der Waals surface area contributed by atoms with Gasteiger partial charge in [-0.25, -0.2) is 5.43 Å². The molecule has 0 aromatic carbocycles. The number of hydrogen-bond donors (Lipinski definition) is 2. The Labute approximate surface area is 94.5 Å². The Hall–Kier alpha value is -1.65. The van der Waals surface area contributed by atoms with Crippen LogP contribution in [0.25, 0.3) is 0 Å². The molecule has 0 saturated heterocycles. The largest absolute Gasteiger partial charge is 0.469 e. The summed E-state index contributed by atoms with van der Waals surface area (Å²) in [7, 11) is 0. The fourth-order valence-corrected chi connectivity index (χ4v) is 1.80. The molecule has 2 aromatic heterocycles. The van der Waals surface area contributed by atoms with Crippen LogP contribution in [0.4, 0.5) is 0 Å². The van der Waals surface area contributed by atoms with Gasteiger partial charge in [0.2, 0.25) is 0 Å². The second-order valence-electron chi connectivity index (χ2n) is 3.83. The summed E-state index contributed by atoms with van der Waals surface area (Å²) >= 11 is 0. The van der Waals surface area contributed by atoms with Crippen LogP contribution in [0.2, 0.25) is 0 Å². The van der Waals surface area contributed by atoms with Gasteiger partial charge in [-0.2, -0.15) is 0 Å². The number of nitrogens with zero attached hydrogens (tertiary/aromatic N) is 1. The molecule has 0 fully saturated rings. The van der Waals surface area contributed by atoms with Crippen LogP contribution in [0.1, 0.15) is 28.5 Å². The van der Waals surface area contributed by atoms with Crippen LogP contribution in [-0.4, -0.2) is 4.98 Å².